The number of methoxy groups -OCH3 is 1. The molecule has 7 nitrogen and oxygen atoms in total. The summed E-state index contributed by atoms with van der Waals surface area (Å²) in [5.74, 6) is -0.973. The fourth-order valence-electron chi connectivity index (χ4n) is 4.01. The van der Waals surface area contributed by atoms with E-state index in [2.05, 4.69) is 15.6 Å². The molecule has 31 heavy (non-hydrogen) atoms. The number of ether oxygens (including phenoxy) is 1. The number of amides is 1. The second-order valence-corrected chi connectivity index (χ2v) is 7.82. The van der Waals surface area contributed by atoms with E-state index in [1.54, 1.807) is 29.4 Å². The largest absolute Gasteiger partial charge is 0.496 e. The molecule has 2 N–H and O–H groups in total. The summed E-state index contributed by atoms with van der Waals surface area (Å²) in [7, 11) is 1.55. The number of rotatable bonds is 5. The van der Waals surface area contributed by atoms with Gasteiger partial charge in [0.2, 0.25) is 0 Å². The Morgan fingerprint density at radius 1 is 1.13 bits per heavy atom. The molecule has 8 heteroatoms. The summed E-state index contributed by atoms with van der Waals surface area (Å²) in [6, 6.07) is 16.3. The molecule has 2 aromatic carbocycles. The molecule has 0 aliphatic carbocycles. The SMILES string of the molecule is COc1ccccc1C1c2c(C(=O)O)n[nH]c2C(=O)N1c1ccc(-c2ccsc2)cc1. The number of thiophene rings is 1. The molecule has 2 aromatic heterocycles. The van der Waals surface area contributed by atoms with Crippen molar-refractivity contribution in [1.29, 1.82) is 0 Å². The lowest BCUT2D eigenvalue weighted by atomic mass is 9.97. The fourth-order valence-corrected chi connectivity index (χ4v) is 4.67. The van der Waals surface area contributed by atoms with Crippen LogP contribution in [0, 0.1) is 0 Å². The van der Waals surface area contributed by atoms with Crippen molar-refractivity contribution in [2.75, 3.05) is 12.0 Å². The van der Waals surface area contributed by atoms with Crippen molar-refractivity contribution in [3.05, 3.63) is 87.9 Å². The fraction of sp³-hybridized carbons (Fsp3) is 0.0870. The Kier molecular flexibility index (Phi) is 4.56. The molecule has 3 heterocycles. The van der Waals surface area contributed by atoms with Crippen LogP contribution in [-0.4, -0.2) is 34.3 Å². The number of nitrogens with one attached hydrogen (secondary N) is 1. The second kappa shape index (κ2) is 7.41. The zero-order valence-corrected chi connectivity index (χ0v) is 17.2. The van der Waals surface area contributed by atoms with Gasteiger partial charge in [-0.25, -0.2) is 4.79 Å². The van der Waals surface area contributed by atoms with E-state index in [-0.39, 0.29) is 17.3 Å². The van der Waals surface area contributed by atoms with Crippen LogP contribution in [0.2, 0.25) is 0 Å². The van der Waals surface area contributed by atoms with E-state index in [0.717, 1.165) is 11.1 Å². The van der Waals surface area contributed by atoms with Crippen molar-refractivity contribution in [3.8, 4) is 16.9 Å². The van der Waals surface area contributed by atoms with Gasteiger partial charge in [0.15, 0.2) is 5.69 Å². The van der Waals surface area contributed by atoms with Crippen LogP contribution in [0.5, 0.6) is 5.75 Å². The van der Waals surface area contributed by atoms with Gasteiger partial charge in [0, 0.05) is 16.8 Å². The number of carbonyl (C=O) groups excluding carboxylic acids is 1. The molecule has 0 fully saturated rings. The van der Waals surface area contributed by atoms with E-state index in [1.807, 2.05) is 53.9 Å². The molecular weight excluding hydrogens is 414 g/mol. The van der Waals surface area contributed by atoms with Crippen LogP contribution >= 0.6 is 11.3 Å². The van der Waals surface area contributed by atoms with E-state index in [1.165, 1.54) is 0 Å². The number of H-pyrrole nitrogens is 1. The predicted molar refractivity (Wildman–Crippen MR) is 117 cm³/mol. The lowest BCUT2D eigenvalue weighted by Gasteiger charge is -2.27. The van der Waals surface area contributed by atoms with E-state index in [0.29, 0.717) is 22.6 Å². The van der Waals surface area contributed by atoms with Crippen molar-refractivity contribution in [3.63, 3.8) is 0 Å². The first-order valence-corrected chi connectivity index (χ1v) is 10.4. The lowest BCUT2D eigenvalue weighted by Crippen LogP contribution is -2.30. The number of fused-ring (bicyclic) bond motifs is 1. The third kappa shape index (κ3) is 3.00. The number of aromatic amines is 1. The van der Waals surface area contributed by atoms with Gasteiger partial charge < -0.3 is 9.84 Å². The summed E-state index contributed by atoms with van der Waals surface area (Å²) >= 11 is 1.62. The number of aromatic nitrogens is 2. The smallest absolute Gasteiger partial charge is 0.356 e. The van der Waals surface area contributed by atoms with Gasteiger partial charge in [-0.2, -0.15) is 16.4 Å². The number of anilines is 1. The molecule has 1 aliphatic heterocycles. The van der Waals surface area contributed by atoms with Gasteiger partial charge in [-0.15, -0.1) is 0 Å². The molecule has 0 spiro atoms. The minimum absolute atomic E-state index is 0.170. The van der Waals surface area contributed by atoms with Crippen molar-refractivity contribution in [2.45, 2.75) is 6.04 Å². The summed E-state index contributed by atoms with van der Waals surface area (Å²) in [5.41, 5.74) is 3.82. The predicted octanol–water partition coefficient (Wildman–Crippen LogP) is 4.59. The van der Waals surface area contributed by atoms with E-state index < -0.39 is 12.0 Å². The first-order chi connectivity index (χ1) is 15.1. The van der Waals surface area contributed by atoms with Crippen LogP contribution in [-0.2, 0) is 0 Å². The van der Waals surface area contributed by atoms with E-state index in [9.17, 15) is 14.7 Å². The van der Waals surface area contributed by atoms with Gasteiger partial charge in [0.05, 0.1) is 13.2 Å². The summed E-state index contributed by atoms with van der Waals surface area (Å²) in [6.07, 6.45) is 0. The summed E-state index contributed by atoms with van der Waals surface area (Å²) in [6.45, 7) is 0. The lowest BCUT2D eigenvalue weighted by molar-refractivity contribution is 0.0688. The normalized spacial score (nSPS) is 15.2. The summed E-state index contributed by atoms with van der Waals surface area (Å²) < 4.78 is 5.52. The maximum Gasteiger partial charge on any atom is 0.356 e. The highest BCUT2D eigenvalue weighted by atomic mass is 32.1. The Bertz CT molecular complexity index is 1280. The number of para-hydroxylation sites is 1. The molecule has 0 saturated heterocycles. The number of hydrogen-bond donors (Lipinski definition) is 2. The second-order valence-electron chi connectivity index (χ2n) is 7.04. The zero-order valence-electron chi connectivity index (χ0n) is 16.4. The maximum atomic E-state index is 13.4. The number of carboxylic acid groups (broad SMARTS) is 1. The number of carbonyl (C=O) groups is 2. The third-order valence-electron chi connectivity index (χ3n) is 5.40. The molecule has 0 radical (unpaired) electrons. The molecule has 0 bridgehead atoms. The molecule has 1 atom stereocenters. The standard InChI is InChI=1S/C23H17N3O4S/c1-30-17-5-3-2-4-16(17)21-18-19(24-25-20(18)23(28)29)22(27)26(21)15-8-6-13(7-9-15)14-10-11-31-12-14/h2-12,21H,1H3,(H,24,25)(H,28,29). The van der Waals surface area contributed by atoms with Crippen LogP contribution in [0.15, 0.2) is 65.4 Å². The number of carboxylic acids is 1. The maximum absolute atomic E-state index is 13.4. The van der Waals surface area contributed by atoms with Gasteiger partial charge >= 0.3 is 5.97 Å². The minimum Gasteiger partial charge on any atom is -0.496 e. The van der Waals surface area contributed by atoms with Crippen molar-refractivity contribution in [2.24, 2.45) is 0 Å². The highest BCUT2D eigenvalue weighted by Crippen LogP contribution is 2.45. The van der Waals surface area contributed by atoms with Crippen LogP contribution in [0.1, 0.15) is 38.1 Å². The number of nitrogens with zero attached hydrogens (tertiary/aromatic N) is 2. The molecule has 154 valence electrons. The monoisotopic (exact) mass is 431 g/mol. The molecule has 4 aromatic rings. The molecular formula is C23H17N3O4S. The zero-order chi connectivity index (χ0) is 21.5. The number of hydrogen-bond acceptors (Lipinski definition) is 5. The Balaban J connectivity index is 1.67. The summed E-state index contributed by atoms with van der Waals surface area (Å²) in [5, 5.41) is 20.3. The van der Waals surface area contributed by atoms with E-state index >= 15 is 0 Å². The van der Waals surface area contributed by atoms with Gasteiger partial charge in [0.1, 0.15) is 11.4 Å². The highest BCUT2D eigenvalue weighted by Gasteiger charge is 2.45. The Morgan fingerprint density at radius 3 is 2.58 bits per heavy atom. The van der Waals surface area contributed by atoms with Gasteiger partial charge in [0.25, 0.3) is 5.91 Å². The molecule has 5 rings (SSSR count). The van der Waals surface area contributed by atoms with Crippen LogP contribution in [0.3, 0.4) is 0 Å². The number of aromatic carboxylic acids is 1. The Morgan fingerprint density at radius 2 is 1.90 bits per heavy atom. The topological polar surface area (TPSA) is 95.5 Å². The van der Waals surface area contributed by atoms with Gasteiger partial charge in [-0.1, -0.05) is 30.3 Å². The first-order valence-electron chi connectivity index (χ1n) is 9.51. The number of benzene rings is 2. The van der Waals surface area contributed by atoms with Gasteiger partial charge in [-0.05, 0) is 46.2 Å². The molecule has 1 amide bonds. The minimum atomic E-state index is -1.19. The van der Waals surface area contributed by atoms with Crippen molar-refractivity contribution < 1.29 is 19.4 Å². The Labute approximate surface area is 181 Å². The average Bonchev–Trinajstić information content (AvgIpc) is 3.52. The van der Waals surface area contributed by atoms with Crippen molar-refractivity contribution in [1.82, 2.24) is 10.2 Å². The quantitative estimate of drug-likeness (QED) is 0.482. The average molecular weight is 431 g/mol. The van der Waals surface area contributed by atoms with Crippen LogP contribution in [0.25, 0.3) is 11.1 Å². The van der Waals surface area contributed by atoms with Crippen LogP contribution in [0.4, 0.5) is 5.69 Å². The molecule has 0 saturated carbocycles. The van der Waals surface area contributed by atoms with Crippen LogP contribution < -0.4 is 9.64 Å². The summed E-state index contributed by atoms with van der Waals surface area (Å²) in [4.78, 5) is 26.8. The molecule has 1 aliphatic rings. The molecule has 1 unspecified atom stereocenters. The van der Waals surface area contributed by atoms with Gasteiger partial charge in [-0.3, -0.25) is 14.8 Å². The first kappa shape index (κ1) is 19.1. The third-order valence-corrected chi connectivity index (χ3v) is 6.09. The highest BCUT2D eigenvalue weighted by molar-refractivity contribution is 7.08. The Hall–Kier alpha value is -3.91. The van der Waals surface area contributed by atoms with E-state index in [4.69, 9.17) is 4.74 Å². The van der Waals surface area contributed by atoms with Crippen molar-refractivity contribution >= 4 is 28.9 Å².